The molecule has 0 amide bonds. The Bertz CT molecular complexity index is 928. The second-order valence-corrected chi connectivity index (χ2v) is 8.46. The second kappa shape index (κ2) is 9.39. The summed E-state index contributed by atoms with van der Waals surface area (Å²) in [5.74, 6) is 3.24. The van der Waals surface area contributed by atoms with Gasteiger partial charge in [0.15, 0.2) is 0 Å². The summed E-state index contributed by atoms with van der Waals surface area (Å²) in [6.45, 7) is 3.07. The molecule has 0 unspecified atom stereocenters. The monoisotopic (exact) mass is 405 g/mol. The number of hydrogen-bond acceptors (Lipinski definition) is 5. The Balaban J connectivity index is 1.51. The standard InChI is InChI=1S/C24H31N5O/c1-18-7-11-20(12-8-18)29-22(15-17-28(2)3)26-27-24(29)19-9-13-21(14-10-19)30-23-6-4-5-16-25-23/h4-8,11-12,16,19,21H,9-10,13-15,17H2,1-3H3. The molecule has 4 rings (SSSR count). The van der Waals surface area contributed by atoms with E-state index in [1.807, 2.05) is 18.2 Å². The van der Waals surface area contributed by atoms with E-state index in [1.165, 1.54) is 5.56 Å². The Morgan fingerprint density at radius 3 is 2.43 bits per heavy atom. The fourth-order valence-electron chi connectivity index (χ4n) is 4.08. The SMILES string of the molecule is Cc1ccc(-n2c(CCN(C)C)nnc2C2CCC(Oc3ccccn3)CC2)cc1. The van der Waals surface area contributed by atoms with Crippen LogP contribution in [0.1, 0.15) is 48.8 Å². The molecule has 6 heteroatoms. The summed E-state index contributed by atoms with van der Waals surface area (Å²) in [4.78, 5) is 6.48. The highest BCUT2D eigenvalue weighted by Crippen LogP contribution is 2.35. The number of aromatic nitrogens is 4. The number of likely N-dealkylation sites (N-methyl/N-ethyl adjacent to an activating group) is 1. The van der Waals surface area contributed by atoms with Crippen LogP contribution in [-0.4, -0.2) is 51.4 Å². The van der Waals surface area contributed by atoms with Crippen molar-refractivity contribution in [3.05, 3.63) is 65.9 Å². The summed E-state index contributed by atoms with van der Waals surface area (Å²) in [6, 6.07) is 14.5. The van der Waals surface area contributed by atoms with Crippen LogP contribution in [0.5, 0.6) is 5.88 Å². The molecule has 0 N–H and O–H groups in total. The second-order valence-electron chi connectivity index (χ2n) is 8.46. The van der Waals surface area contributed by atoms with Crippen molar-refractivity contribution in [2.45, 2.75) is 51.0 Å². The summed E-state index contributed by atoms with van der Waals surface area (Å²) in [7, 11) is 4.19. The van der Waals surface area contributed by atoms with Gasteiger partial charge in [-0.1, -0.05) is 23.8 Å². The van der Waals surface area contributed by atoms with Crippen molar-refractivity contribution in [3.8, 4) is 11.6 Å². The maximum atomic E-state index is 6.08. The van der Waals surface area contributed by atoms with E-state index in [1.54, 1.807) is 6.20 Å². The summed E-state index contributed by atoms with van der Waals surface area (Å²) in [6.07, 6.45) is 7.00. The molecule has 3 aromatic rings. The Morgan fingerprint density at radius 1 is 1.00 bits per heavy atom. The summed E-state index contributed by atoms with van der Waals surface area (Å²) in [5.41, 5.74) is 2.41. The normalized spacial score (nSPS) is 19.2. The highest BCUT2D eigenvalue weighted by molar-refractivity contribution is 5.37. The molecule has 1 fully saturated rings. The van der Waals surface area contributed by atoms with Crippen molar-refractivity contribution < 1.29 is 4.74 Å². The minimum absolute atomic E-state index is 0.222. The zero-order chi connectivity index (χ0) is 20.9. The van der Waals surface area contributed by atoms with Gasteiger partial charge in [-0.25, -0.2) is 4.98 Å². The number of benzene rings is 1. The van der Waals surface area contributed by atoms with Gasteiger partial charge in [0.05, 0.1) is 0 Å². The lowest BCUT2D eigenvalue weighted by Gasteiger charge is -2.28. The topological polar surface area (TPSA) is 56.1 Å². The van der Waals surface area contributed by atoms with E-state index in [2.05, 4.69) is 69.9 Å². The van der Waals surface area contributed by atoms with Crippen LogP contribution in [0, 0.1) is 6.92 Å². The lowest BCUT2D eigenvalue weighted by Crippen LogP contribution is -2.25. The van der Waals surface area contributed by atoms with Crippen molar-refractivity contribution in [2.24, 2.45) is 0 Å². The molecule has 0 spiro atoms. The molecule has 1 aliphatic rings. The van der Waals surface area contributed by atoms with E-state index in [-0.39, 0.29) is 6.10 Å². The Labute approximate surface area is 178 Å². The van der Waals surface area contributed by atoms with E-state index < -0.39 is 0 Å². The van der Waals surface area contributed by atoms with E-state index in [9.17, 15) is 0 Å². The van der Waals surface area contributed by atoms with Crippen LogP contribution in [0.4, 0.5) is 0 Å². The van der Waals surface area contributed by atoms with Gasteiger partial charge in [0.2, 0.25) is 5.88 Å². The molecular formula is C24H31N5O. The zero-order valence-corrected chi connectivity index (χ0v) is 18.2. The molecule has 1 saturated carbocycles. The molecule has 6 nitrogen and oxygen atoms in total. The van der Waals surface area contributed by atoms with Gasteiger partial charge >= 0.3 is 0 Å². The molecule has 0 radical (unpaired) electrons. The largest absolute Gasteiger partial charge is 0.474 e. The van der Waals surface area contributed by atoms with Crippen LogP contribution >= 0.6 is 0 Å². The molecule has 1 aliphatic carbocycles. The van der Waals surface area contributed by atoms with Crippen LogP contribution < -0.4 is 4.74 Å². The first kappa shape index (κ1) is 20.5. The first-order valence-electron chi connectivity index (χ1n) is 10.8. The van der Waals surface area contributed by atoms with Crippen molar-refractivity contribution in [2.75, 3.05) is 20.6 Å². The number of rotatable bonds is 7. The van der Waals surface area contributed by atoms with Crippen LogP contribution in [0.15, 0.2) is 48.7 Å². The minimum Gasteiger partial charge on any atom is -0.474 e. The summed E-state index contributed by atoms with van der Waals surface area (Å²) < 4.78 is 8.36. The van der Waals surface area contributed by atoms with Gasteiger partial charge in [-0.05, 0) is 64.9 Å². The van der Waals surface area contributed by atoms with Gasteiger partial charge in [0.1, 0.15) is 17.8 Å². The fraction of sp³-hybridized carbons (Fsp3) is 0.458. The quantitative estimate of drug-likeness (QED) is 0.590. The zero-order valence-electron chi connectivity index (χ0n) is 18.2. The minimum atomic E-state index is 0.222. The van der Waals surface area contributed by atoms with Crippen molar-refractivity contribution in [3.63, 3.8) is 0 Å². The molecule has 0 aliphatic heterocycles. The molecular weight excluding hydrogens is 374 g/mol. The predicted octanol–water partition coefficient (Wildman–Crippen LogP) is 4.18. The van der Waals surface area contributed by atoms with Crippen molar-refractivity contribution >= 4 is 0 Å². The first-order valence-corrected chi connectivity index (χ1v) is 10.8. The molecule has 2 heterocycles. The third-order valence-electron chi connectivity index (χ3n) is 5.79. The van der Waals surface area contributed by atoms with Crippen LogP contribution in [0.25, 0.3) is 5.69 Å². The average molecular weight is 406 g/mol. The fourth-order valence-corrected chi connectivity index (χ4v) is 4.08. The average Bonchev–Trinajstić information content (AvgIpc) is 3.18. The smallest absolute Gasteiger partial charge is 0.213 e. The lowest BCUT2D eigenvalue weighted by molar-refractivity contribution is 0.139. The third kappa shape index (κ3) is 4.87. The van der Waals surface area contributed by atoms with Gasteiger partial charge in [-0.2, -0.15) is 0 Å². The first-order chi connectivity index (χ1) is 14.6. The van der Waals surface area contributed by atoms with Gasteiger partial charge < -0.3 is 9.64 Å². The number of aryl methyl sites for hydroxylation is 1. The number of nitrogens with zero attached hydrogens (tertiary/aromatic N) is 5. The van der Waals surface area contributed by atoms with E-state index in [0.29, 0.717) is 5.92 Å². The van der Waals surface area contributed by atoms with E-state index in [0.717, 1.165) is 61.9 Å². The number of ether oxygens (including phenoxy) is 1. The highest BCUT2D eigenvalue weighted by atomic mass is 16.5. The van der Waals surface area contributed by atoms with Gasteiger partial charge in [-0.15, -0.1) is 10.2 Å². The van der Waals surface area contributed by atoms with E-state index >= 15 is 0 Å². The summed E-state index contributed by atoms with van der Waals surface area (Å²) >= 11 is 0. The molecule has 2 aromatic heterocycles. The van der Waals surface area contributed by atoms with Gasteiger partial charge in [0, 0.05) is 36.8 Å². The lowest BCUT2D eigenvalue weighted by atomic mass is 9.86. The van der Waals surface area contributed by atoms with Crippen LogP contribution in [-0.2, 0) is 6.42 Å². The van der Waals surface area contributed by atoms with Crippen LogP contribution in [0.3, 0.4) is 0 Å². The van der Waals surface area contributed by atoms with Gasteiger partial charge in [-0.3, -0.25) is 4.57 Å². The van der Waals surface area contributed by atoms with Gasteiger partial charge in [0.25, 0.3) is 0 Å². The Hall–Kier alpha value is -2.73. The predicted molar refractivity (Wildman–Crippen MR) is 118 cm³/mol. The number of hydrogen-bond donors (Lipinski definition) is 0. The molecule has 0 saturated heterocycles. The number of pyridine rings is 1. The highest BCUT2D eigenvalue weighted by Gasteiger charge is 2.28. The maximum absolute atomic E-state index is 6.08. The molecule has 158 valence electrons. The Morgan fingerprint density at radius 2 is 1.77 bits per heavy atom. The molecule has 0 atom stereocenters. The van der Waals surface area contributed by atoms with Crippen molar-refractivity contribution in [1.29, 1.82) is 0 Å². The molecule has 30 heavy (non-hydrogen) atoms. The molecule has 1 aromatic carbocycles. The van der Waals surface area contributed by atoms with Crippen molar-refractivity contribution in [1.82, 2.24) is 24.6 Å². The maximum Gasteiger partial charge on any atom is 0.213 e. The van der Waals surface area contributed by atoms with Crippen LogP contribution in [0.2, 0.25) is 0 Å². The Kier molecular flexibility index (Phi) is 6.43. The van der Waals surface area contributed by atoms with E-state index in [4.69, 9.17) is 4.74 Å². The third-order valence-corrected chi connectivity index (χ3v) is 5.79. The molecule has 0 bridgehead atoms. The summed E-state index contributed by atoms with van der Waals surface area (Å²) in [5, 5.41) is 9.26.